The van der Waals surface area contributed by atoms with Crippen LogP contribution in [-0.4, -0.2) is 13.7 Å². The van der Waals surface area contributed by atoms with Crippen LogP contribution in [0.5, 0.6) is 0 Å². The number of aryl methyl sites for hydroxylation is 1. The van der Waals surface area contributed by atoms with Crippen LogP contribution in [0.15, 0.2) is 176 Å². The van der Waals surface area contributed by atoms with Gasteiger partial charge in [-0.2, -0.15) is 0 Å². The minimum absolute atomic E-state index is 0.186. The van der Waals surface area contributed by atoms with Crippen LogP contribution in [0.4, 0.5) is 0 Å². The van der Waals surface area contributed by atoms with Crippen molar-refractivity contribution in [1.29, 1.82) is 0 Å². The van der Waals surface area contributed by atoms with Crippen LogP contribution < -0.4 is 0 Å². The molecular formula is C54H41N3. The highest BCUT2D eigenvalue weighted by atomic mass is 15.0. The van der Waals surface area contributed by atoms with Crippen LogP contribution in [0.25, 0.3) is 83.2 Å². The summed E-state index contributed by atoms with van der Waals surface area (Å²) in [6.45, 7) is 0. The zero-order chi connectivity index (χ0) is 37.5. The van der Waals surface area contributed by atoms with Crippen molar-refractivity contribution >= 4 is 77.6 Å². The molecule has 3 aliphatic rings. The summed E-state index contributed by atoms with van der Waals surface area (Å²) in [4.78, 5) is 0. The summed E-state index contributed by atoms with van der Waals surface area (Å²) in [6.07, 6.45) is 22.0. The monoisotopic (exact) mass is 731 g/mol. The van der Waals surface area contributed by atoms with Crippen LogP contribution in [0.1, 0.15) is 54.0 Å². The molecule has 0 spiro atoms. The van der Waals surface area contributed by atoms with Gasteiger partial charge in [0.15, 0.2) is 0 Å². The summed E-state index contributed by atoms with van der Waals surface area (Å²) >= 11 is 0. The molecule has 3 heterocycles. The van der Waals surface area contributed by atoms with Crippen molar-refractivity contribution in [2.75, 3.05) is 0 Å². The van der Waals surface area contributed by atoms with E-state index >= 15 is 0 Å². The Morgan fingerprint density at radius 3 is 1.93 bits per heavy atom. The van der Waals surface area contributed by atoms with E-state index in [4.69, 9.17) is 0 Å². The molecule has 9 aromatic rings. The highest BCUT2D eigenvalue weighted by Gasteiger charge is 2.26. The van der Waals surface area contributed by atoms with Gasteiger partial charge in [0, 0.05) is 55.6 Å². The average molecular weight is 732 g/mol. The third kappa shape index (κ3) is 5.05. The van der Waals surface area contributed by atoms with E-state index in [1.54, 1.807) is 0 Å². The first-order chi connectivity index (χ1) is 28.3. The summed E-state index contributed by atoms with van der Waals surface area (Å²) < 4.78 is 7.44. The van der Waals surface area contributed by atoms with Gasteiger partial charge in [-0.15, -0.1) is 0 Å². The van der Waals surface area contributed by atoms with Crippen LogP contribution in [0, 0.1) is 0 Å². The second kappa shape index (κ2) is 12.9. The predicted molar refractivity (Wildman–Crippen MR) is 242 cm³/mol. The topological polar surface area (TPSA) is 14.8 Å². The van der Waals surface area contributed by atoms with Crippen molar-refractivity contribution in [2.45, 2.75) is 38.0 Å². The van der Waals surface area contributed by atoms with E-state index in [2.05, 4.69) is 196 Å². The van der Waals surface area contributed by atoms with Crippen molar-refractivity contribution in [1.82, 2.24) is 13.7 Å². The van der Waals surface area contributed by atoms with E-state index in [0.29, 0.717) is 0 Å². The molecule has 0 fully saturated rings. The molecule has 0 radical (unpaired) electrons. The molecule has 3 aromatic heterocycles. The number of benzene rings is 6. The largest absolute Gasteiger partial charge is 0.313 e. The zero-order valence-electron chi connectivity index (χ0n) is 31.8. The van der Waals surface area contributed by atoms with Crippen molar-refractivity contribution in [2.24, 2.45) is 0 Å². The molecule has 0 aliphatic heterocycles. The first-order valence-electron chi connectivity index (χ1n) is 20.5. The summed E-state index contributed by atoms with van der Waals surface area (Å²) in [5.74, 6) is 0.186. The molecule has 12 rings (SSSR count). The van der Waals surface area contributed by atoms with Crippen molar-refractivity contribution in [3.8, 4) is 5.69 Å². The van der Waals surface area contributed by atoms with Gasteiger partial charge in [0.05, 0.1) is 27.6 Å². The number of hydrogen-bond donors (Lipinski definition) is 0. The summed E-state index contributed by atoms with van der Waals surface area (Å²) in [6, 6.07) is 51.9. The molecule has 0 saturated heterocycles. The number of hydrogen-bond acceptors (Lipinski definition) is 0. The fourth-order valence-electron chi connectivity index (χ4n) is 10.1. The third-order valence-electron chi connectivity index (χ3n) is 12.7. The average Bonchev–Trinajstić information content (AvgIpc) is 3.92. The lowest BCUT2D eigenvalue weighted by Gasteiger charge is -2.26. The maximum absolute atomic E-state index is 2.58. The highest BCUT2D eigenvalue weighted by molar-refractivity contribution is 6.12. The van der Waals surface area contributed by atoms with Gasteiger partial charge < -0.3 is 13.7 Å². The Kier molecular flexibility index (Phi) is 7.31. The van der Waals surface area contributed by atoms with Crippen molar-refractivity contribution < 1.29 is 0 Å². The van der Waals surface area contributed by atoms with E-state index in [1.807, 2.05) is 0 Å². The minimum Gasteiger partial charge on any atom is -0.313 e. The van der Waals surface area contributed by atoms with Gasteiger partial charge in [-0.05, 0) is 127 Å². The Labute approximate surface area is 332 Å². The van der Waals surface area contributed by atoms with Crippen LogP contribution >= 0.6 is 0 Å². The molecular weight excluding hydrogens is 691 g/mol. The first kappa shape index (κ1) is 32.4. The van der Waals surface area contributed by atoms with Gasteiger partial charge in [-0.3, -0.25) is 0 Å². The van der Waals surface area contributed by atoms with Gasteiger partial charge in [0.2, 0.25) is 0 Å². The van der Waals surface area contributed by atoms with Gasteiger partial charge in [-0.1, -0.05) is 109 Å². The molecule has 0 bridgehead atoms. The van der Waals surface area contributed by atoms with E-state index in [0.717, 1.165) is 32.1 Å². The Hall–Kier alpha value is -6.84. The van der Waals surface area contributed by atoms with Crippen LogP contribution in [-0.2, 0) is 6.42 Å². The number of allylic oxidation sites excluding steroid dienone is 9. The van der Waals surface area contributed by atoms with Gasteiger partial charge in [-0.25, -0.2) is 0 Å². The molecule has 3 aliphatic carbocycles. The fraction of sp³-hybridized carbons (Fsp3) is 0.111. The lowest BCUT2D eigenvalue weighted by molar-refractivity contribution is 0.830. The lowest BCUT2D eigenvalue weighted by Crippen LogP contribution is -2.10. The molecule has 1 atom stereocenters. The molecule has 1 unspecified atom stereocenters. The van der Waals surface area contributed by atoms with E-state index < -0.39 is 0 Å². The van der Waals surface area contributed by atoms with Gasteiger partial charge in [0.1, 0.15) is 0 Å². The number of para-hydroxylation sites is 4. The first-order valence-corrected chi connectivity index (χ1v) is 20.5. The molecule has 272 valence electrons. The normalized spacial score (nSPS) is 16.8. The summed E-state index contributed by atoms with van der Waals surface area (Å²) in [7, 11) is 0. The molecule has 57 heavy (non-hydrogen) atoms. The fourth-order valence-corrected chi connectivity index (χ4v) is 10.1. The number of aromatic nitrogens is 3. The van der Waals surface area contributed by atoms with Crippen LogP contribution in [0.3, 0.4) is 0 Å². The Balaban J connectivity index is 1.07. The third-order valence-corrected chi connectivity index (χ3v) is 12.7. The SMILES string of the molecule is C1=CC(n2c3ccccc3c3cc(C4C=C(c5ccc6c(c5)c5ccccc5n6-c5ccccc5)C=C(n5c6c(c7ccccc75)CCC=C6)C4)ccc32)=CCC1. The summed E-state index contributed by atoms with van der Waals surface area (Å²) in [5.41, 5.74) is 16.8. The second-order valence-electron chi connectivity index (χ2n) is 15.9. The molecule has 0 amide bonds. The Bertz CT molecular complexity index is 3260. The zero-order valence-corrected chi connectivity index (χ0v) is 31.8. The lowest BCUT2D eigenvalue weighted by atomic mass is 9.84. The van der Waals surface area contributed by atoms with E-state index in [-0.39, 0.29) is 5.92 Å². The maximum atomic E-state index is 2.58. The van der Waals surface area contributed by atoms with Crippen LogP contribution in [0.2, 0.25) is 0 Å². The smallest absolute Gasteiger partial charge is 0.0541 e. The number of rotatable bonds is 5. The molecule has 3 heteroatoms. The number of fused-ring (bicyclic) bond motifs is 9. The van der Waals surface area contributed by atoms with Crippen molar-refractivity contribution in [3.63, 3.8) is 0 Å². The summed E-state index contributed by atoms with van der Waals surface area (Å²) in [5, 5.41) is 6.55. The highest BCUT2D eigenvalue weighted by Crippen LogP contribution is 2.44. The quantitative estimate of drug-likeness (QED) is 0.167. The Morgan fingerprint density at radius 1 is 0.491 bits per heavy atom. The number of nitrogens with zero attached hydrogens (tertiary/aromatic N) is 3. The van der Waals surface area contributed by atoms with E-state index in [1.165, 1.54) is 99.6 Å². The molecule has 6 aromatic carbocycles. The minimum atomic E-state index is 0.186. The van der Waals surface area contributed by atoms with Crippen molar-refractivity contribution in [3.05, 3.63) is 198 Å². The molecule has 3 nitrogen and oxygen atoms in total. The predicted octanol–water partition coefficient (Wildman–Crippen LogP) is 14.1. The van der Waals surface area contributed by atoms with E-state index in [9.17, 15) is 0 Å². The molecule has 0 N–H and O–H groups in total. The maximum Gasteiger partial charge on any atom is 0.0541 e. The second-order valence-corrected chi connectivity index (χ2v) is 15.9. The standard InChI is InChI=1S/C54H41N3/c1-3-15-40(16-4-1)55-51-25-13-9-21-45(51)47-34-36(27-29-53(47)55)38-31-39(33-42(32-38)57-49-23-11-7-19-43(49)44-20-8-12-24-50(44)57)37-28-30-54-48(35-37)46-22-10-14-26-52(46)56(54)41-17-5-2-6-18-41/h1,3-5,7,9-19,21-32,34-35,39H,2,6,8,20,33H2. The van der Waals surface area contributed by atoms with Gasteiger partial charge >= 0.3 is 0 Å². The molecule has 0 saturated carbocycles. The van der Waals surface area contributed by atoms with Gasteiger partial charge in [0.25, 0.3) is 0 Å². The Morgan fingerprint density at radius 2 is 1.14 bits per heavy atom.